The van der Waals surface area contributed by atoms with Gasteiger partial charge < -0.3 is 14.9 Å². The summed E-state index contributed by atoms with van der Waals surface area (Å²) in [6, 6.07) is 6.89. The maximum Gasteiger partial charge on any atom is 0.259 e. The highest BCUT2D eigenvalue weighted by Gasteiger charge is 2.26. The molecule has 0 radical (unpaired) electrons. The molecule has 3 rings (SSSR count). The normalized spacial score (nSPS) is 14.8. The highest BCUT2D eigenvalue weighted by Crippen LogP contribution is 2.22. The molecule has 6 nitrogen and oxygen atoms in total. The number of phenolic OH excluding ortho intramolecular Hbond substituents is 1. The Balaban J connectivity index is 1.87. The van der Waals surface area contributed by atoms with Crippen molar-refractivity contribution in [3.8, 4) is 5.75 Å². The third kappa shape index (κ3) is 2.65. The molecule has 2 heterocycles. The molecule has 0 saturated heterocycles. The summed E-state index contributed by atoms with van der Waals surface area (Å²) >= 11 is 0. The molecule has 108 valence electrons. The van der Waals surface area contributed by atoms with Crippen LogP contribution in [0.3, 0.4) is 0 Å². The van der Waals surface area contributed by atoms with Crippen LogP contribution in [0, 0.1) is 0 Å². The van der Waals surface area contributed by atoms with Gasteiger partial charge in [0.25, 0.3) is 5.91 Å². The number of carbonyl (C=O) groups excluding carboxylic acids is 1. The fourth-order valence-corrected chi connectivity index (χ4v) is 2.40. The molecular weight excluding hydrogens is 268 g/mol. The summed E-state index contributed by atoms with van der Waals surface area (Å²) in [5, 5.41) is 9.32. The first-order chi connectivity index (χ1) is 10.1. The Bertz CT molecular complexity index is 657. The van der Waals surface area contributed by atoms with Gasteiger partial charge in [-0.1, -0.05) is 12.1 Å². The van der Waals surface area contributed by atoms with Crippen LogP contribution in [0.5, 0.6) is 5.75 Å². The number of aromatic hydroxyl groups is 1. The number of fused-ring (bicyclic) bond motifs is 1. The second-order valence-corrected chi connectivity index (χ2v) is 5.07. The van der Waals surface area contributed by atoms with Gasteiger partial charge in [-0.15, -0.1) is 0 Å². The molecule has 21 heavy (non-hydrogen) atoms. The van der Waals surface area contributed by atoms with Crippen LogP contribution in [0.25, 0.3) is 0 Å². The highest BCUT2D eigenvalue weighted by atomic mass is 16.3. The fourth-order valence-electron chi connectivity index (χ4n) is 2.40. The molecular formula is C15H16N4O2. The first kappa shape index (κ1) is 13.4. The number of nitrogens with zero attached hydrogens (tertiary/aromatic N) is 4. The number of phenols is 1. The lowest BCUT2D eigenvalue weighted by atomic mass is 10.2. The van der Waals surface area contributed by atoms with Crippen LogP contribution in [-0.2, 0) is 6.54 Å². The quantitative estimate of drug-likeness (QED) is 0.899. The van der Waals surface area contributed by atoms with Crippen LogP contribution < -0.4 is 4.90 Å². The minimum Gasteiger partial charge on any atom is -0.508 e. The number of likely N-dealkylation sites (N-methyl/N-ethyl adjacent to an activating group) is 1. The molecule has 1 aliphatic heterocycles. The van der Waals surface area contributed by atoms with E-state index in [2.05, 4.69) is 9.97 Å². The molecule has 2 aromatic rings. The largest absolute Gasteiger partial charge is 0.508 e. The van der Waals surface area contributed by atoms with E-state index in [1.165, 1.54) is 6.33 Å². The SMILES string of the molecule is CN1CCN(Cc2ccc(O)cc2)C(=O)c2cncnc21. The van der Waals surface area contributed by atoms with E-state index in [4.69, 9.17) is 0 Å². The summed E-state index contributed by atoms with van der Waals surface area (Å²) in [7, 11) is 1.92. The predicted octanol–water partition coefficient (Wildman–Crippen LogP) is 1.27. The molecule has 0 unspecified atom stereocenters. The van der Waals surface area contributed by atoms with E-state index >= 15 is 0 Å². The summed E-state index contributed by atoms with van der Waals surface area (Å²) in [4.78, 5) is 24.5. The Labute approximate surface area is 122 Å². The Hall–Kier alpha value is -2.63. The first-order valence-corrected chi connectivity index (χ1v) is 6.73. The van der Waals surface area contributed by atoms with Gasteiger partial charge in [0, 0.05) is 32.9 Å². The molecule has 1 N–H and O–H groups in total. The van der Waals surface area contributed by atoms with Crippen molar-refractivity contribution in [3.05, 3.63) is 47.9 Å². The van der Waals surface area contributed by atoms with E-state index < -0.39 is 0 Å². The Kier molecular flexibility index (Phi) is 3.43. The van der Waals surface area contributed by atoms with Crippen molar-refractivity contribution in [2.75, 3.05) is 25.0 Å². The van der Waals surface area contributed by atoms with Gasteiger partial charge in [0.15, 0.2) is 0 Å². The van der Waals surface area contributed by atoms with Crippen LogP contribution in [-0.4, -0.2) is 46.0 Å². The van der Waals surface area contributed by atoms with E-state index in [0.717, 1.165) is 5.56 Å². The van der Waals surface area contributed by atoms with E-state index in [-0.39, 0.29) is 11.7 Å². The van der Waals surface area contributed by atoms with E-state index in [1.54, 1.807) is 23.2 Å². The number of carbonyl (C=O) groups is 1. The number of anilines is 1. The predicted molar refractivity (Wildman–Crippen MR) is 78.1 cm³/mol. The number of benzene rings is 1. The van der Waals surface area contributed by atoms with Gasteiger partial charge in [0.2, 0.25) is 0 Å². The molecule has 0 atom stereocenters. The molecule has 0 aliphatic carbocycles. The van der Waals surface area contributed by atoms with Gasteiger partial charge in [-0.3, -0.25) is 4.79 Å². The van der Waals surface area contributed by atoms with Crippen molar-refractivity contribution < 1.29 is 9.90 Å². The fraction of sp³-hybridized carbons (Fsp3) is 0.267. The Morgan fingerprint density at radius 2 is 2.00 bits per heavy atom. The lowest BCUT2D eigenvalue weighted by molar-refractivity contribution is 0.0754. The average molecular weight is 284 g/mol. The third-order valence-electron chi connectivity index (χ3n) is 3.59. The molecule has 1 aromatic carbocycles. The van der Waals surface area contributed by atoms with Crippen LogP contribution in [0.1, 0.15) is 15.9 Å². The first-order valence-electron chi connectivity index (χ1n) is 6.73. The van der Waals surface area contributed by atoms with Crippen LogP contribution in [0.4, 0.5) is 5.82 Å². The maximum absolute atomic E-state index is 12.6. The lowest BCUT2D eigenvalue weighted by Crippen LogP contribution is -2.33. The van der Waals surface area contributed by atoms with Crippen LogP contribution in [0.15, 0.2) is 36.8 Å². The van der Waals surface area contributed by atoms with Crippen LogP contribution in [0.2, 0.25) is 0 Å². The summed E-state index contributed by atoms with van der Waals surface area (Å²) in [5.74, 6) is 0.825. The van der Waals surface area contributed by atoms with Gasteiger partial charge in [-0.25, -0.2) is 9.97 Å². The monoisotopic (exact) mass is 284 g/mol. The zero-order chi connectivity index (χ0) is 14.8. The van der Waals surface area contributed by atoms with Gasteiger partial charge in [0.05, 0.1) is 0 Å². The Morgan fingerprint density at radius 3 is 2.76 bits per heavy atom. The van der Waals surface area contributed by atoms with Crippen molar-refractivity contribution in [3.63, 3.8) is 0 Å². The summed E-state index contributed by atoms with van der Waals surface area (Å²) in [5.41, 5.74) is 1.50. The van der Waals surface area contributed by atoms with E-state index in [1.807, 2.05) is 24.1 Å². The number of aromatic nitrogens is 2. The van der Waals surface area contributed by atoms with Crippen LogP contribution >= 0.6 is 0 Å². The highest BCUT2D eigenvalue weighted by molar-refractivity contribution is 5.99. The second kappa shape index (κ2) is 5.40. The van der Waals surface area contributed by atoms with Crippen molar-refractivity contribution in [2.24, 2.45) is 0 Å². The minimum absolute atomic E-state index is 0.0666. The zero-order valence-electron chi connectivity index (χ0n) is 11.7. The van der Waals surface area contributed by atoms with E-state index in [0.29, 0.717) is 31.0 Å². The van der Waals surface area contributed by atoms with Crippen molar-refractivity contribution in [1.29, 1.82) is 0 Å². The van der Waals surface area contributed by atoms with Crippen molar-refractivity contribution in [2.45, 2.75) is 6.54 Å². The molecule has 6 heteroatoms. The smallest absolute Gasteiger partial charge is 0.259 e. The van der Waals surface area contributed by atoms with Crippen molar-refractivity contribution in [1.82, 2.24) is 14.9 Å². The molecule has 0 bridgehead atoms. The van der Waals surface area contributed by atoms with Gasteiger partial charge >= 0.3 is 0 Å². The summed E-state index contributed by atoms with van der Waals surface area (Å²) in [6.45, 7) is 1.84. The van der Waals surface area contributed by atoms with Gasteiger partial charge in [0.1, 0.15) is 23.5 Å². The molecule has 0 saturated carbocycles. The average Bonchev–Trinajstić information content (AvgIpc) is 2.62. The minimum atomic E-state index is -0.0666. The number of rotatable bonds is 2. The molecule has 1 amide bonds. The maximum atomic E-state index is 12.6. The molecule has 1 aliphatic rings. The van der Waals surface area contributed by atoms with Crippen molar-refractivity contribution >= 4 is 11.7 Å². The summed E-state index contributed by atoms with van der Waals surface area (Å²) in [6.07, 6.45) is 3.02. The lowest BCUT2D eigenvalue weighted by Gasteiger charge is -2.21. The molecule has 1 aromatic heterocycles. The number of hydrogen-bond acceptors (Lipinski definition) is 5. The topological polar surface area (TPSA) is 69.6 Å². The zero-order valence-corrected chi connectivity index (χ0v) is 11.7. The number of hydrogen-bond donors (Lipinski definition) is 1. The standard InChI is InChI=1S/C15H16N4O2/c1-18-6-7-19(9-11-2-4-12(20)5-3-11)15(21)13-8-16-10-17-14(13)18/h2-5,8,10,20H,6-7,9H2,1H3. The third-order valence-corrected chi connectivity index (χ3v) is 3.59. The van der Waals surface area contributed by atoms with Gasteiger partial charge in [-0.05, 0) is 17.7 Å². The summed E-state index contributed by atoms with van der Waals surface area (Å²) < 4.78 is 0. The Morgan fingerprint density at radius 1 is 1.24 bits per heavy atom. The molecule has 0 fully saturated rings. The van der Waals surface area contributed by atoms with Gasteiger partial charge in [-0.2, -0.15) is 0 Å². The second-order valence-electron chi connectivity index (χ2n) is 5.07. The molecule has 0 spiro atoms. The van der Waals surface area contributed by atoms with E-state index in [9.17, 15) is 9.90 Å². The number of amides is 1.